The predicted octanol–water partition coefficient (Wildman–Crippen LogP) is 3.99. The molecular weight excluding hydrogens is 216 g/mol. The van der Waals surface area contributed by atoms with Gasteiger partial charge in [0.1, 0.15) is 5.75 Å². The van der Waals surface area contributed by atoms with Gasteiger partial charge in [-0.1, -0.05) is 23.8 Å². The van der Waals surface area contributed by atoms with E-state index in [1.165, 1.54) is 16.0 Å². The van der Waals surface area contributed by atoms with Crippen LogP contribution in [0.1, 0.15) is 16.0 Å². The standard InChI is InChI=1S/C14H16OS/c1-11-5-6-14(12(2)10-11)15-8-7-13-4-3-9-16-13/h3-6,9-10H,7-8H2,1-2H3. The van der Waals surface area contributed by atoms with Crippen molar-refractivity contribution in [3.63, 3.8) is 0 Å². The van der Waals surface area contributed by atoms with E-state index in [2.05, 4.69) is 49.6 Å². The van der Waals surface area contributed by atoms with E-state index in [0.29, 0.717) is 0 Å². The van der Waals surface area contributed by atoms with Crippen molar-refractivity contribution in [3.05, 3.63) is 51.7 Å². The minimum Gasteiger partial charge on any atom is -0.493 e. The average molecular weight is 232 g/mol. The number of ether oxygens (including phenoxy) is 1. The number of thiophene rings is 1. The molecular formula is C14H16OS. The van der Waals surface area contributed by atoms with E-state index in [1.54, 1.807) is 11.3 Å². The molecule has 0 amide bonds. The molecule has 0 unspecified atom stereocenters. The SMILES string of the molecule is Cc1ccc(OCCc2cccs2)c(C)c1. The fraction of sp³-hybridized carbons (Fsp3) is 0.286. The second kappa shape index (κ2) is 5.17. The van der Waals surface area contributed by atoms with Gasteiger partial charge >= 0.3 is 0 Å². The fourth-order valence-corrected chi connectivity index (χ4v) is 2.37. The summed E-state index contributed by atoms with van der Waals surface area (Å²) in [4.78, 5) is 1.38. The molecule has 0 aliphatic carbocycles. The van der Waals surface area contributed by atoms with Gasteiger partial charge in [0.2, 0.25) is 0 Å². The van der Waals surface area contributed by atoms with Gasteiger partial charge < -0.3 is 4.74 Å². The fourth-order valence-electron chi connectivity index (χ4n) is 1.68. The molecule has 0 saturated carbocycles. The third-order valence-corrected chi connectivity index (χ3v) is 3.45. The van der Waals surface area contributed by atoms with Crippen molar-refractivity contribution >= 4 is 11.3 Å². The first-order valence-corrected chi connectivity index (χ1v) is 6.36. The maximum Gasteiger partial charge on any atom is 0.122 e. The number of hydrogen-bond donors (Lipinski definition) is 0. The topological polar surface area (TPSA) is 9.23 Å². The maximum absolute atomic E-state index is 5.77. The zero-order valence-corrected chi connectivity index (χ0v) is 10.5. The van der Waals surface area contributed by atoms with E-state index in [-0.39, 0.29) is 0 Å². The summed E-state index contributed by atoms with van der Waals surface area (Å²) in [5, 5.41) is 2.10. The number of aryl methyl sites for hydroxylation is 2. The van der Waals surface area contributed by atoms with Crippen LogP contribution in [0, 0.1) is 13.8 Å². The smallest absolute Gasteiger partial charge is 0.122 e. The minimum absolute atomic E-state index is 0.754. The average Bonchev–Trinajstić information content (AvgIpc) is 2.74. The molecule has 2 rings (SSSR count). The molecule has 84 valence electrons. The molecule has 0 bridgehead atoms. The Labute approximate surface area is 101 Å². The van der Waals surface area contributed by atoms with Crippen LogP contribution in [0.3, 0.4) is 0 Å². The van der Waals surface area contributed by atoms with Crippen LogP contribution in [0.15, 0.2) is 35.7 Å². The molecule has 1 aromatic carbocycles. The maximum atomic E-state index is 5.77. The highest BCUT2D eigenvalue weighted by molar-refractivity contribution is 7.09. The van der Waals surface area contributed by atoms with Crippen LogP contribution in [-0.2, 0) is 6.42 Å². The highest BCUT2D eigenvalue weighted by atomic mass is 32.1. The first-order chi connectivity index (χ1) is 7.75. The Morgan fingerprint density at radius 3 is 2.75 bits per heavy atom. The lowest BCUT2D eigenvalue weighted by Gasteiger charge is -2.08. The highest BCUT2D eigenvalue weighted by Gasteiger charge is 2.00. The molecule has 1 aromatic heterocycles. The Kier molecular flexibility index (Phi) is 3.62. The summed E-state index contributed by atoms with van der Waals surface area (Å²) in [6.07, 6.45) is 0.991. The predicted molar refractivity (Wildman–Crippen MR) is 69.4 cm³/mol. The molecule has 1 heterocycles. The Bertz CT molecular complexity index is 446. The molecule has 0 aliphatic heterocycles. The van der Waals surface area contributed by atoms with Crippen LogP contribution in [0.5, 0.6) is 5.75 Å². The van der Waals surface area contributed by atoms with Crippen molar-refractivity contribution in [2.75, 3.05) is 6.61 Å². The summed E-state index contributed by atoms with van der Waals surface area (Å²) in [7, 11) is 0. The van der Waals surface area contributed by atoms with Crippen molar-refractivity contribution in [2.45, 2.75) is 20.3 Å². The molecule has 0 fully saturated rings. The molecule has 0 aliphatic rings. The van der Waals surface area contributed by atoms with Gasteiger partial charge in [0.15, 0.2) is 0 Å². The van der Waals surface area contributed by atoms with Crippen LogP contribution in [0.4, 0.5) is 0 Å². The zero-order chi connectivity index (χ0) is 11.4. The molecule has 16 heavy (non-hydrogen) atoms. The van der Waals surface area contributed by atoms with E-state index in [9.17, 15) is 0 Å². The largest absolute Gasteiger partial charge is 0.493 e. The Balaban J connectivity index is 1.90. The van der Waals surface area contributed by atoms with Crippen LogP contribution in [0.2, 0.25) is 0 Å². The quantitative estimate of drug-likeness (QED) is 0.774. The Morgan fingerprint density at radius 1 is 1.19 bits per heavy atom. The van der Waals surface area contributed by atoms with E-state index in [1.807, 2.05) is 0 Å². The monoisotopic (exact) mass is 232 g/mol. The van der Waals surface area contributed by atoms with E-state index in [0.717, 1.165) is 18.8 Å². The molecule has 0 radical (unpaired) electrons. The van der Waals surface area contributed by atoms with Crippen LogP contribution in [0.25, 0.3) is 0 Å². The lowest BCUT2D eigenvalue weighted by Crippen LogP contribution is -2.01. The number of rotatable bonds is 4. The van der Waals surface area contributed by atoms with E-state index < -0.39 is 0 Å². The molecule has 0 spiro atoms. The second-order valence-electron chi connectivity index (χ2n) is 3.95. The van der Waals surface area contributed by atoms with Gasteiger partial charge in [0.05, 0.1) is 6.61 Å². The molecule has 0 atom stereocenters. The van der Waals surface area contributed by atoms with Gasteiger partial charge in [-0.3, -0.25) is 0 Å². The second-order valence-corrected chi connectivity index (χ2v) is 4.98. The first-order valence-electron chi connectivity index (χ1n) is 5.48. The van der Waals surface area contributed by atoms with Crippen LogP contribution < -0.4 is 4.74 Å². The highest BCUT2D eigenvalue weighted by Crippen LogP contribution is 2.19. The molecule has 0 N–H and O–H groups in total. The van der Waals surface area contributed by atoms with E-state index in [4.69, 9.17) is 4.74 Å². The van der Waals surface area contributed by atoms with Crippen molar-refractivity contribution in [3.8, 4) is 5.75 Å². The van der Waals surface area contributed by atoms with Crippen molar-refractivity contribution in [1.29, 1.82) is 0 Å². The van der Waals surface area contributed by atoms with Gasteiger partial charge in [-0.15, -0.1) is 11.3 Å². The molecule has 2 heteroatoms. The van der Waals surface area contributed by atoms with Crippen LogP contribution in [-0.4, -0.2) is 6.61 Å². The van der Waals surface area contributed by atoms with Gasteiger partial charge in [-0.25, -0.2) is 0 Å². The van der Waals surface area contributed by atoms with Crippen molar-refractivity contribution in [2.24, 2.45) is 0 Å². The first kappa shape index (κ1) is 11.2. The molecule has 0 saturated heterocycles. The molecule has 2 aromatic rings. The summed E-state index contributed by atoms with van der Waals surface area (Å²) < 4.78 is 5.77. The summed E-state index contributed by atoms with van der Waals surface area (Å²) in [6.45, 7) is 4.94. The number of benzene rings is 1. The minimum atomic E-state index is 0.754. The van der Waals surface area contributed by atoms with Crippen molar-refractivity contribution in [1.82, 2.24) is 0 Å². The Hall–Kier alpha value is -1.28. The third kappa shape index (κ3) is 2.86. The lowest BCUT2D eigenvalue weighted by molar-refractivity contribution is 0.321. The summed E-state index contributed by atoms with van der Waals surface area (Å²) in [5.41, 5.74) is 2.49. The van der Waals surface area contributed by atoms with Crippen molar-refractivity contribution < 1.29 is 4.74 Å². The summed E-state index contributed by atoms with van der Waals surface area (Å²) in [5.74, 6) is 1.00. The van der Waals surface area contributed by atoms with Gasteiger partial charge in [0, 0.05) is 11.3 Å². The summed E-state index contributed by atoms with van der Waals surface area (Å²) >= 11 is 1.78. The van der Waals surface area contributed by atoms with E-state index >= 15 is 0 Å². The summed E-state index contributed by atoms with van der Waals surface area (Å²) in [6, 6.07) is 10.5. The van der Waals surface area contributed by atoms with Crippen LogP contribution >= 0.6 is 11.3 Å². The lowest BCUT2D eigenvalue weighted by atomic mass is 10.1. The number of hydrogen-bond acceptors (Lipinski definition) is 2. The van der Waals surface area contributed by atoms with Gasteiger partial charge in [-0.05, 0) is 36.9 Å². The van der Waals surface area contributed by atoms with Gasteiger partial charge in [-0.2, -0.15) is 0 Å². The normalized spacial score (nSPS) is 10.4. The Morgan fingerprint density at radius 2 is 2.06 bits per heavy atom. The zero-order valence-electron chi connectivity index (χ0n) is 9.69. The van der Waals surface area contributed by atoms with Gasteiger partial charge in [0.25, 0.3) is 0 Å². The molecule has 1 nitrogen and oxygen atoms in total. The third-order valence-electron chi connectivity index (χ3n) is 2.52.